The maximum Gasteiger partial charge on any atom is 0.243 e. The topological polar surface area (TPSA) is 50.3 Å². The Hall–Kier alpha value is -1.24. The molecule has 0 amide bonds. The fraction of sp³-hybridized carbons (Fsp3) is 0.267. The smallest absolute Gasteiger partial charge is 0.243 e. The lowest BCUT2D eigenvalue weighted by molar-refractivity contribution is 0.470. The van der Waals surface area contributed by atoms with E-state index in [1.54, 1.807) is 31.4 Å². The van der Waals surface area contributed by atoms with Gasteiger partial charge in [0.15, 0.2) is 0 Å². The average Bonchev–Trinajstić information content (AvgIpc) is 2.45. The number of sulfonamides is 1. The van der Waals surface area contributed by atoms with Gasteiger partial charge in [-0.3, -0.25) is 4.98 Å². The predicted octanol–water partition coefficient (Wildman–Crippen LogP) is 3.02. The molecule has 0 radical (unpaired) electrons. The van der Waals surface area contributed by atoms with Crippen molar-refractivity contribution in [1.82, 2.24) is 9.29 Å². The number of aromatic nitrogens is 1. The van der Waals surface area contributed by atoms with Crippen LogP contribution in [0.4, 0.5) is 0 Å². The fourth-order valence-electron chi connectivity index (χ4n) is 1.92. The van der Waals surface area contributed by atoms with Gasteiger partial charge in [0.05, 0.1) is 4.90 Å². The van der Waals surface area contributed by atoms with E-state index in [1.165, 1.54) is 4.31 Å². The normalized spacial score (nSPS) is 11.8. The molecule has 0 unspecified atom stereocenters. The molecule has 0 spiro atoms. The largest absolute Gasteiger partial charge is 0.261 e. The van der Waals surface area contributed by atoms with E-state index in [4.69, 9.17) is 0 Å². The van der Waals surface area contributed by atoms with Crippen molar-refractivity contribution >= 4 is 26.0 Å². The molecular weight excluding hydrogens is 352 g/mol. The third-order valence-electron chi connectivity index (χ3n) is 3.18. The first-order valence-corrected chi connectivity index (χ1v) is 8.77. The van der Waals surface area contributed by atoms with Crippen LogP contribution in [0.25, 0.3) is 0 Å². The molecule has 1 aromatic heterocycles. The summed E-state index contributed by atoms with van der Waals surface area (Å²) >= 11 is 3.33. The van der Waals surface area contributed by atoms with Crippen LogP contribution in [0.5, 0.6) is 0 Å². The molecule has 0 aliphatic rings. The van der Waals surface area contributed by atoms with Crippen molar-refractivity contribution in [2.75, 3.05) is 13.6 Å². The van der Waals surface area contributed by atoms with Crippen molar-refractivity contribution in [3.8, 4) is 0 Å². The highest BCUT2D eigenvalue weighted by molar-refractivity contribution is 9.10. The first-order valence-electron chi connectivity index (χ1n) is 6.53. The first-order chi connectivity index (χ1) is 9.91. The number of hydrogen-bond acceptors (Lipinski definition) is 3. The summed E-state index contributed by atoms with van der Waals surface area (Å²) in [5.74, 6) is 0. The number of halogens is 1. The summed E-state index contributed by atoms with van der Waals surface area (Å²) in [5.41, 5.74) is 1.89. The molecule has 0 saturated heterocycles. The van der Waals surface area contributed by atoms with Crippen LogP contribution in [-0.4, -0.2) is 31.3 Å². The van der Waals surface area contributed by atoms with E-state index < -0.39 is 10.0 Å². The lowest BCUT2D eigenvalue weighted by Crippen LogP contribution is -2.29. The molecule has 0 bridgehead atoms. The van der Waals surface area contributed by atoms with Crippen LogP contribution in [-0.2, 0) is 16.4 Å². The van der Waals surface area contributed by atoms with Gasteiger partial charge in [0, 0.05) is 36.4 Å². The highest BCUT2D eigenvalue weighted by atomic mass is 79.9. The van der Waals surface area contributed by atoms with E-state index in [1.807, 2.05) is 25.1 Å². The Balaban J connectivity index is 2.15. The third kappa shape index (κ3) is 3.90. The van der Waals surface area contributed by atoms with E-state index in [0.29, 0.717) is 17.4 Å². The van der Waals surface area contributed by atoms with Gasteiger partial charge in [-0.25, -0.2) is 12.7 Å². The zero-order chi connectivity index (χ0) is 15.5. The first kappa shape index (κ1) is 16.1. The standard InChI is InChI=1S/C15H17BrN2O2S/c1-12-6-7-15(14(16)11-12)21(19,20)18(2)10-8-13-5-3-4-9-17-13/h3-7,9,11H,8,10H2,1-2H3. The minimum atomic E-state index is -3.50. The minimum Gasteiger partial charge on any atom is -0.261 e. The highest BCUT2D eigenvalue weighted by Crippen LogP contribution is 2.25. The summed E-state index contributed by atoms with van der Waals surface area (Å²) < 4.78 is 27.1. The quantitative estimate of drug-likeness (QED) is 0.814. The van der Waals surface area contributed by atoms with Crippen LogP contribution < -0.4 is 0 Å². The van der Waals surface area contributed by atoms with Gasteiger partial charge in [-0.1, -0.05) is 12.1 Å². The van der Waals surface area contributed by atoms with E-state index in [0.717, 1.165) is 11.3 Å². The number of nitrogens with zero attached hydrogens (tertiary/aromatic N) is 2. The summed E-state index contributed by atoms with van der Waals surface area (Å²) in [6, 6.07) is 10.9. The number of aryl methyl sites for hydroxylation is 1. The second-order valence-corrected chi connectivity index (χ2v) is 7.70. The molecule has 6 heteroatoms. The van der Waals surface area contributed by atoms with Gasteiger partial charge in [-0.2, -0.15) is 0 Å². The predicted molar refractivity (Wildman–Crippen MR) is 86.6 cm³/mol. The molecule has 4 nitrogen and oxygen atoms in total. The van der Waals surface area contributed by atoms with Crippen LogP contribution in [0.3, 0.4) is 0 Å². The lowest BCUT2D eigenvalue weighted by Gasteiger charge is -2.18. The summed E-state index contributed by atoms with van der Waals surface area (Å²) in [4.78, 5) is 4.49. The number of rotatable bonds is 5. The van der Waals surface area contributed by atoms with Crippen LogP contribution in [0.2, 0.25) is 0 Å². The van der Waals surface area contributed by atoms with Crippen molar-refractivity contribution < 1.29 is 8.42 Å². The Kier molecular flexibility index (Phi) is 5.13. The zero-order valence-corrected chi connectivity index (χ0v) is 14.4. The molecule has 2 rings (SSSR count). The third-order valence-corrected chi connectivity index (χ3v) is 6.02. The van der Waals surface area contributed by atoms with Crippen molar-refractivity contribution in [3.63, 3.8) is 0 Å². The Bertz CT molecular complexity index is 718. The Labute approximate surface area is 134 Å². The molecule has 0 saturated carbocycles. The average molecular weight is 369 g/mol. The molecule has 0 N–H and O–H groups in total. The van der Waals surface area contributed by atoms with E-state index in [-0.39, 0.29) is 4.90 Å². The Morgan fingerprint density at radius 1 is 1.24 bits per heavy atom. The van der Waals surface area contributed by atoms with Crippen molar-refractivity contribution in [2.45, 2.75) is 18.2 Å². The minimum absolute atomic E-state index is 0.289. The summed E-state index contributed by atoms with van der Waals surface area (Å²) in [5, 5.41) is 0. The molecule has 2 aromatic rings. The zero-order valence-electron chi connectivity index (χ0n) is 12.0. The van der Waals surface area contributed by atoms with E-state index in [2.05, 4.69) is 20.9 Å². The maximum absolute atomic E-state index is 12.6. The molecule has 112 valence electrons. The second-order valence-electron chi connectivity index (χ2n) is 4.83. The van der Waals surface area contributed by atoms with Gasteiger partial charge in [0.2, 0.25) is 10.0 Å². The SMILES string of the molecule is Cc1ccc(S(=O)(=O)N(C)CCc2ccccn2)c(Br)c1. The van der Waals surface area contributed by atoms with E-state index in [9.17, 15) is 8.42 Å². The second kappa shape index (κ2) is 6.68. The van der Waals surface area contributed by atoms with Gasteiger partial charge in [0.1, 0.15) is 0 Å². The summed E-state index contributed by atoms with van der Waals surface area (Å²) in [6.07, 6.45) is 2.29. The van der Waals surface area contributed by atoms with Gasteiger partial charge >= 0.3 is 0 Å². The monoisotopic (exact) mass is 368 g/mol. The highest BCUT2D eigenvalue weighted by Gasteiger charge is 2.23. The Morgan fingerprint density at radius 3 is 2.62 bits per heavy atom. The van der Waals surface area contributed by atoms with Crippen LogP contribution >= 0.6 is 15.9 Å². The molecule has 1 heterocycles. The van der Waals surface area contributed by atoms with Gasteiger partial charge in [-0.15, -0.1) is 0 Å². The number of hydrogen-bond donors (Lipinski definition) is 0. The van der Waals surface area contributed by atoms with Crippen LogP contribution in [0, 0.1) is 6.92 Å². The van der Waals surface area contributed by atoms with Crippen molar-refractivity contribution in [3.05, 3.63) is 58.3 Å². The Morgan fingerprint density at radius 2 is 2.00 bits per heavy atom. The maximum atomic E-state index is 12.6. The molecule has 0 aliphatic heterocycles. The summed E-state index contributed by atoms with van der Waals surface area (Å²) in [7, 11) is -1.91. The molecule has 1 aromatic carbocycles. The molecule has 0 atom stereocenters. The van der Waals surface area contributed by atoms with Crippen LogP contribution in [0.15, 0.2) is 52.0 Å². The molecule has 0 fully saturated rings. The lowest BCUT2D eigenvalue weighted by atomic mass is 10.2. The molecular formula is C15H17BrN2O2S. The van der Waals surface area contributed by atoms with Gasteiger partial charge in [0.25, 0.3) is 0 Å². The molecule has 21 heavy (non-hydrogen) atoms. The number of likely N-dealkylation sites (N-methyl/N-ethyl adjacent to an activating group) is 1. The number of pyridine rings is 1. The van der Waals surface area contributed by atoms with Crippen molar-refractivity contribution in [1.29, 1.82) is 0 Å². The van der Waals surface area contributed by atoms with Crippen molar-refractivity contribution in [2.24, 2.45) is 0 Å². The van der Waals surface area contributed by atoms with E-state index >= 15 is 0 Å². The number of benzene rings is 1. The summed E-state index contributed by atoms with van der Waals surface area (Å²) in [6.45, 7) is 2.31. The van der Waals surface area contributed by atoms with Crippen LogP contribution in [0.1, 0.15) is 11.3 Å². The van der Waals surface area contributed by atoms with Gasteiger partial charge in [-0.05, 0) is 52.7 Å². The molecule has 0 aliphatic carbocycles. The fourth-order valence-corrected chi connectivity index (χ4v) is 4.24. The van der Waals surface area contributed by atoms with Gasteiger partial charge < -0.3 is 0 Å².